The lowest BCUT2D eigenvalue weighted by Crippen LogP contribution is -2.33. The first kappa shape index (κ1) is 11.9. The van der Waals surface area contributed by atoms with Crippen LogP contribution in [0.3, 0.4) is 0 Å². The fourth-order valence-corrected chi connectivity index (χ4v) is 2.34. The summed E-state index contributed by atoms with van der Waals surface area (Å²) in [7, 11) is 3.43. The summed E-state index contributed by atoms with van der Waals surface area (Å²) in [6.07, 6.45) is 1.39. The van der Waals surface area contributed by atoms with Gasteiger partial charge < -0.3 is 15.4 Å². The van der Waals surface area contributed by atoms with Gasteiger partial charge in [0.1, 0.15) is 5.75 Å². The molecule has 0 bridgehead atoms. The fourth-order valence-electron chi connectivity index (χ4n) is 2.34. The Morgan fingerprint density at radius 2 is 2.29 bits per heavy atom. The molecule has 1 atom stereocenters. The van der Waals surface area contributed by atoms with Gasteiger partial charge in [-0.3, -0.25) is 4.79 Å². The Kier molecular flexibility index (Phi) is 3.33. The van der Waals surface area contributed by atoms with Crippen LogP contribution in [0, 0.1) is 0 Å². The van der Waals surface area contributed by atoms with Gasteiger partial charge in [-0.2, -0.15) is 0 Å². The van der Waals surface area contributed by atoms with Crippen molar-refractivity contribution in [3.8, 4) is 5.75 Å². The van der Waals surface area contributed by atoms with E-state index in [0.717, 1.165) is 17.9 Å². The molecule has 1 aromatic carbocycles. The van der Waals surface area contributed by atoms with Gasteiger partial charge in [-0.1, -0.05) is 6.07 Å². The number of fused-ring (bicyclic) bond motifs is 1. The van der Waals surface area contributed by atoms with Gasteiger partial charge in [0.25, 0.3) is 0 Å². The topological polar surface area (TPSA) is 55.6 Å². The zero-order chi connectivity index (χ0) is 12.4. The van der Waals surface area contributed by atoms with Crippen molar-refractivity contribution in [3.05, 3.63) is 23.8 Å². The van der Waals surface area contributed by atoms with Crippen LogP contribution >= 0.6 is 0 Å². The Balaban J connectivity index is 2.43. The number of amides is 1. The summed E-state index contributed by atoms with van der Waals surface area (Å²) in [5.74, 6) is 1.16. The van der Waals surface area contributed by atoms with E-state index >= 15 is 0 Å². The first-order valence-electron chi connectivity index (χ1n) is 5.82. The highest BCUT2D eigenvalue weighted by Crippen LogP contribution is 2.38. The monoisotopic (exact) mass is 234 g/mol. The van der Waals surface area contributed by atoms with E-state index in [1.54, 1.807) is 19.1 Å². The van der Waals surface area contributed by atoms with E-state index in [0.29, 0.717) is 13.0 Å². The second-order valence-corrected chi connectivity index (χ2v) is 4.36. The van der Waals surface area contributed by atoms with E-state index in [1.807, 2.05) is 18.2 Å². The minimum Gasteiger partial charge on any atom is -0.497 e. The lowest BCUT2D eigenvalue weighted by atomic mass is 9.87. The van der Waals surface area contributed by atoms with E-state index in [9.17, 15) is 4.79 Å². The molecule has 0 saturated carbocycles. The highest BCUT2D eigenvalue weighted by atomic mass is 16.5. The van der Waals surface area contributed by atoms with Crippen molar-refractivity contribution in [2.75, 3.05) is 25.6 Å². The molecule has 0 saturated heterocycles. The third kappa shape index (κ3) is 2.13. The normalized spacial score (nSPS) is 19.1. The third-order valence-electron chi connectivity index (χ3n) is 3.35. The Hall–Kier alpha value is -1.55. The molecule has 1 aromatic rings. The number of nitrogens with zero attached hydrogens (tertiary/aromatic N) is 1. The van der Waals surface area contributed by atoms with E-state index in [1.165, 1.54) is 5.56 Å². The average molecular weight is 234 g/mol. The van der Waals surface area contributed by atoms with Gasteiger partial charge in [0, 0.05) is 19.5 Å². The number of methoxy groups -OCH3 is 1. The van der Waals surface area contributed by atoms with Crippen LogP contribution in [0.5, 0.6) is 5.75 Å². The SMILES string of the molecule is COc1ccc2c(c1)N(C)C(=O)CC2CCN. The number of benzene rings is 1. The predicted octanol–water partition coefficient (Wildman–Crippen LogP) is 1.49. The largest absolute Gasteiger partial charge is 0.497 e. The number of rotatable bonds is 3. The Bertz CT molecular complexity index is 431. The number of carbonyl (C=O) groups excluding carboxylic acids is 1. The smallest absolute Gasteiger partial charge is 0.227 e. The lowest BCUT2D eigenvalue weighted by molar-refractivity contribution is -0.119. The first-order chi connectivity index (χ1) is 8.17. The molecule has 17 heavy (non-hydrogen) atoms. The van der Waals surface area contributed by atoms with Crippen LogP contribution in [0.15, 0.2) is 18.2 Å². The maximum absolute atomic E-state index is 11.9. The van der Waals surface area contributed by atoms with E-state index in [-0.39, 0.29) is 11.8 Å². The summed E-state index contributed by atoms with van der Waals surface area (Å²) in [6, 6.07) is 5.89. The molecule has 0 spiro atoms. The molecule has 4 heteroatoms. The van der Waals surface area contributed by atoms with Gasteiger partial charge in [-0.15, -0.1) is 0 Å². The quantitative estimate of drug-likeness (QED) is 0.862. The standard InChI is InChI=1S/C13H18N2O2/c1-15-12-8-10(17-2)3-4-11(12)9(5-6-14)7-13(15)16/h3-4,8-9H,5-7,14H2,1-2H3. The van der Waals surface area contributed by atoms with Gasteiger partial charge in [0.05, 0.1) is 12.8 Å². The molecule has 1 aliphatic heterocycles. The maximum atomic E-state index is 11.9. The minimum absolute atomic E-state index is 0.143. The zero-order valence-corrected chi connectivity index (χ0v) is 10.3. The number of ether oxygens (including phenoxy) is 1. The molecule has 0 fully saturated rings. The second kappa shape index (κ2) is 4.75. The molecule has 1 amide bonds. The van der Waals surface area contributed by atoms with Crippen molar-refractivity contribution < 1.29 is 9.53 Å². The highest BCUT2D eigenvalue weighted by molar-refractivity contribution is 5.96. The Labute approximate surface area is 101 Å². The summed E-state index contributed by atoms with van der Waals surface area (Å²) in [5.41, 5.74) is 7.74. The molecular formula is C13H18N2O2. The van der Waals surface area contributed by atoms with Crippen molar-refractivity contribution in [1.29, 1.82) is 0 Å². The van der Waals surface area contributed by atoms with E-state index < -0.39 is 0 Å². The van der Waals surface area contributed by atoms with Crippen molar-refractivity contribution in [2.24, 2.45) is 5.73 Å². The molecule has 0 aromatic heterocycles. The van der Waals surface area contributed by atoms with Crippen LogP contribution in [0.2, 0.25) is 0 Å². The molecule has 0 radical (unpaired) electrons. The fraction of sp³-hybridized carbons (Fsp3) is 0.462. The highest BCUT2D eigenvalue weighted by Gasteiger charge is 2.28. The number of anilines is 1. The summed E-state index contributed by atoms with van der Waals surface area (Å²) < 4.78 is 5.20. The summed E-state index contributed by atoms with van der Waals surface area (Å²) >= 11 is 0. The molecule has 2 rings (SSSR count). The number of nitrogens with two attached hydrogens (primary N) is 1. The van der Waals surface area contributed by atoms with E-state index in [2.05, 4.69) is 0 Å². The van der Waals surface area contributed by atoms with Crippen molar-refractivity contribution in [2.45, 2.75) is 18.8 Å². The summed E-state index contributed by atoms with van der Waals surface area (Å²) in [4.78, 5) is 13.6. The molecule has 1 aliphatic rings. The average Bonchev–Trinajstić information content (AvgIpc) is 2.35. The summed E-state index contributed by atoms with van der Waals surface area (Å²) in [6.45, 7) is 0.604. The molecule has 92 valence electrons. The number of hydrogen-bond acceptors (Lipinski definition) is 3. The number of hydrogen-bond donors (Lipinski definition) is 1. The second-order valence-electron chi connectivity index (χ2n) is 4.36. The van der Waals surface area contributed by atoms with Crippen molar-refractivity contribution in [1.82, 2.24) is 0 Å². The van der Waals surface area contributed by atoms with Crippen LogP contribution in [0.1, 0.15) is 24.3 Å². The van der Waals surface area contributed by atoms with Crippen LogP contribution in [-0.2, 0) is 4.79 Å². The van der Waals surface area contributed by atoms with Crippen LogP contribution in [0.25, 0.3) is 0 Å². The van der Waals surface area contributed by atoms with Crippen LogP contribution in [-0.4, -0.2) is 26.6 Å². The van der Waals surface area contributed by atoms with Gasteiger partial charge in [-0.05, 0) is 30.5 Å². The van der Waals surface area contributed by atoms with E-state index in [4.69, 9.17) is 10.5 Å². The van der Waals surface area contributed by atoms with Gasteiger partial charge in [0.15, 0.2) is 0 Å². The Morgan fingerprint density at radius 3 is 2.94 bits per heavy atom. The first-order valence-corrected chi connectivity index (χ1v) is 5.82. The maximum Gasteiger partial charge on any atom is 0.227 e. The van der Waals surface area contributed by atoms with Crippen LogP contribution in [0.4, 0.5) is 5.69 Å². The molecule has 1 heterocycles. The predicted molar refractivity (Wildman–Crippen MR) is 67.4 cm³/mol. The van der Waals surface area contributed by atoms with Gasteiger partial charge in [0.2, 0.25) is 5.91 Å². The molecule has 0 aliphatic carbocycles. The Morgan fingerprint density at radius 1 is 1.53 bits per heavy atom. The van der Waals surface area contributed by atoms with Crippen molar-refractivity contribution in [3.63, 3.8) is 0 Å². The minimum atomic E-state index is 0.143. The molecular weight excluding hydrogens is 216 g/mol. The van der Waals surface area contributed by atoms with Gasteiger partial charge >= 0.3 is 0 Å². The molecule has 2 N–H and O–H groups in total. The van der Waals surface area contributed by atoms with Crippen molar-refractivity contribution >= 4 is 11.6 Å². The number of carbonyl (C=O) groups is 1. The third-order valence-corrected chi connectivity index (χ3v) is 3.35. The lowest BCUT2D eigenvalue weighted by Gasteiger charge is -2.31. The van der Waals surface area contributed by atoms with Crippen LogP contribution < -0.4 is 15.4 Å². The van der Waals surface area contributed by atoms with Gasteiger partial charge in [-0.25, -0.2) is 0 Å². The molecule has 4 nitrogen and oxygen atoms in total. The molecule has 1 unspecified atom stereocenters. The zero-order valence-electron chi connectivity index (χ0n) is 10.3. The summed E-state index contributed by atoms with van der Waals surface area (Å²) in [5, 5.41) is 0.